The van der Waals surface area contributed by atoms with E-state index in [0.29, 0.717) is 31.2 Å². The van der Waals surface area contributed by atoms with E-state index < -0.39 is 29.3 Å². The second kappa shape index (κ2) is 9.02. The van der Waals surface area contributed by atoms with Gasteiger partial charge < -0.3 is 15.3 Å². The molecule has 8 nitrogen and oxygen atoms in total. The number of likely N-dealkylation sites (tertiary alicyclic amines) is 1. The molecule has 0 spiro atoms. The molecule has 0 radical (unpaired) electrons. The molecule has 2 N–H and O–H groups in total. The molecule has 0 saturated carbocycles. The van der Waals surface area contributed by atoms with E-state index in [9.17, 15) is 19.1 Å². The minimum Gasteiger partial charge on any atom is -0.389 e. The van der Waals surface area contributed by atoms with Gasteiger partial charge in [0.15, 0.2) is 5.69 Å². The van der Waals surface area contributed by atoms with Gasteiger partial charge >= 0.3 is 0 Å². The van der Waals surface area contributed by atoms with Crippen molar-refractivity contribution < 1.29 is 19.1 Å². The lowest BCUT2D eigenvalue weighted by Crippen LogP contribution is -2.62. The molecule has 9 heteroatoms. The molecule has 1 unspecified atom stereocenters. The number of aliphatic hydroxyl groups is 1. The largest absolute Gasteiger partial charge is 0.389 e. The van der Waals surface area contributed by atoms with E-state index in [1.807, 2.05) is 20.8 Å². The minimum atomic E-state index is -0.822. The summed E-state index contributed by atoms with van der Waals surface area (Å²) >= 11 is 0. The zero-order valence-electron chi connectivity index (χ0n) is 18.1. The van der Waals surface area contributed by atoms with Crippen molar-refractivity contribution in [2.45, 2.75) is 58.7 Å². The summed E-state index contributed by atoms with van der Waals surface area (Å²) in [7, 11) is 0. The van der Waals surface area contributed by atoms with Crippen LogP contribution in [0, 0.1) is 22.6 Å². The van der Waals surface area contributed by atoms with Crippen molar-refractivity contribution in [3.63, 3.8) is 0 Å². The van der Waals surface area contributed by atoms with Crippen LogP contribution >= 0.6 is 0 Å². The molecule has 31 heavy (non-hydrogen) atoms. The third-order valence-corrected chi connectivity index (χ3v) is 5.41. The van der Waals surface area contributed by atoms with Gasteiger partial charge in [-0.15, -0.1) is 0 Å². The van der Waals surface area contributed by atoms with Gasteiger partial charge in [-0.2, -0.15) is 10.4 Å². The summed E-state index contributed by atoms with van der Waals surface area (Å²) in [4.78, 5) is 27.5. The van der Waals surface area contributed by atoms with E-state index in [0.717, 1.165) is 0 Å². The van der Waals surface area contributed by atoms with Crippen LogP contribution in [-0.2, 0) is 11.3 Å². The summed E-state index contributed by atoms with van der Waals surface area (Å²) in [5.74, 6) is -1.30. The maximum Gasteiger partial charge on any atom is 0.273 e. The Morgan fingerprint density at radius 2 is 2.06 bits per heavy atom. The molecule has 1 aromatic carbocycles. The molecule has 1 fully saturated rings. The Kier molecular flexibility index (Phi) is 6.60. The van der Waals surface area contributed by atoms with Crippen LogP contribution in [0.15, 0.2) is 18.2 Å². The first-order chi connectivity index (χ1) is 14.6. The van der Waals surface area contributed by atoms with Crippen molar-refractivity contribution in [1.29, 1.82) is 5.26 Å². The fraction of sp³-hybridized carbons (Fsp3) is 0.545. The predicted molar refractivity (Wildman–Crippen MR) is 112 cm³/mol. The Morgan fingerprint density at radius 1 is 1.35 bits per heavy atom. The number of β-amino-alcohol motifs (C(OH)–C–C–N with tert-alkyl or cyclic N) is 1. The average molecular weight is 429 g/mol. The van der Waals surface area contributed by atoms with E-state index in [1.54, 1.807) is 6.07 Å². The number of carbonyl (C=O) groups is 2. The van der Waals surface area contributed by atoms with Gasteiger partial charge in [-0.25, -0.2) is 4.39 Å². The Labute approximate surface area is 180 Å². The zero-order valence-corrected chi connectivity index (χ0v) is 18.1. The molecule has 166 valence electrons. The van der Waals surface area contributed by atoms with E-state index in [-0.39, 0.29) is 30.2 Å². The van der Waals surface area contributed by atoms with E-state index in [2.05, 4.69) is 16.5 Å². The SMILES string of the molecule is CC(C)(C)C(NC(=O)c1nn(CCCCC#N)c2c(F)cccc12)C(=O)N1CC(O)C1. The summed E-state index contributed by atoms with van der Waals surface area (Å²) in [6.07, 6.45) is 1.13. The van der Waals surface area contributed by atoms with Gasteiger partial charge in [0, 0.05) is 31.4 Å². The van der Waals surface area contributed by atoms with Crippen molar-refractivity contribution in [2.75, 3.05) is 13.1 Å². The molecule has 1 saturated heterocycles. The number of carbonyl (C=O) groups excluding carboxylic acids is 2. The quantitative estimate of drug-likeness (QED) is 0.656. The number of aromatic nitrogens is 2. The number of nitriles is 1. The lowest BCUT2D eigenvalue weighted by atomic mass is 9.85. The Balaban J connectivity index is 1.87. The fourth-order valence-corrected chi connectivity index (χ4v) is 3.65. The highest BCUT2D eigenvalue weighted by molar-refractivity contribution is 6.06. The smallest absolute Gasteiger partial charge is 0.273 e. The molecule has 1 aliphatic heterocycles. The standard InChI is InChI=1S/C22H28FN5O3/c1-22(2,3)19(21(31)27-12-14(29)13-27)25-20(30)17-15-8-7-9-16(23)18(15)28(26-17)11-6-4-5-10-24/h7-9,14,19,29H,4-6,11-13H2,1-3H3,(H,25,30). The van der Waals surface area contributed by atoms with Crippen LogP contribution in [0.1, 0.15) is 50.5 Å². The third-order valence-electron chi connectivity index (χ3n) is 5.41. The van der Waals surface area contributed by atoms with Crippen LogP contribution in [-0.4, -0.2) is 56.8 Å². The number of rotatable bonds is 7. The second-order valence-corrected chi connectivity index (χ2v) is 8.99. The minimum absolute atomic E-state index is 0.0560. The number of aliphatic hydroxyl groups excluding tert-OH is 1. The van der Waals surface area contributed by atoms with Crippen molar-refractivity contribution in [2.24, 2.45) is 5.41 Å². The number of halogens is 1. The number of para-hydroxylation sites is 1. The molecule has 2 aromatic rings. The number of benzene rings is 1. The lowest BCUT2D eigenvalue weighted by Gasteiger charge is -2.41. The molecule has 2 heterocycles. The highest BCUT2D eigenvalue weighted by Gasteiger charge is 2.40. The summed E-state index contributed by atoms with van der Waals surface area (Å²) in [6, 6.07) is 5.71. The van der Waals surface area contributed by atoms with Crippen molar-refractivity contribution in [1.82, 2.24) is 20.0 Å². The molecule has 0 bridgehead atoms. The summed E-state index contributed by atoms with van der Waals surface area (Å²) in [5, 5.41) is 25.7. The van der Waals surface area contributed by atoms with Gasteiger partial charge in [0.2, 0.25) is 5.91 Å². The summed E-state index contributed by atoms with van der Waals surface area (Å²) < 4.78 is 16.0. The van der Waals surface area contributed by atoms with Crippen molar-refractivity contribution >= 4 is 22.7 Å². The molecule has 1 atom stereocenters. The Hall–Kier alpha value is -2.99. The van der Waals surface area contributed by atoms with Crippen LogP contribution in [0.4, 0.5) is 4.39 Å². The van der Waals surface area contributed by atoms with E-state index >= 15 is 0 Å². The Morgan fingerprint density at radius 3 is 2.68 bits per heavy atom. The van der Waals surface area contributed by atoms with E-state index in [1.165, 1.54) is 21.7 Å². The maximum atomic E-state index is 14.5. The van der Waals surface area contributed by atoms with Gasteiger partial charge in [-0.05, 0) is 24.3 Å². The molecular formula is C22H28FN5O3. The molecule has 1 aromatic heterocycles. The van der Waals surface area contributed by atoms with Crippen LogP contribution in [0.5, 0.6) is 0 Å². The van der Waals surface area contributed by atoms with Crippen LogP contribution in [0.3, 0.4) is 0 Å². The highest BCUT2D eigenvalue weighted by atomic mass is 19.1. The molecule has 1 aliphatic rings. The number of unbranched alkanes of at least 4 members (excludes halogenated alkanes) is 2. The van der Waals surface area contributed by atoms with Gasteiger partial charge in [0.1, 0.15) is 17.4 Å². The summed E-state index contributed by atoms with van der Waals surface area (Å²) in [5.41, 5.74) is -0.289. The number of nitrogens with one attached hydrogen (secondary N) is 1. The topological polar surface area (TPSA) is 111 Å². The average Bonchev–Trinajstić information content (AvgIpc) is 3.05. The molecule has 0 aliphatic carbocycles. The normalized spacial score (nSPS) is 15.4. The second-order valence-electron chi connectivity index (χ2n) is 8.99. The lowest BCUT2D eigenvalue weighted by molar-refractivity contribution is -0.146. The summed E-state index contributed by atoms with van der Waals surface area (Å²) in [6.45, 7) is 6.39. The fourth-order valence-electron chi connectivity index (χ4n) is 3.65. The number of hydrogen-bond acceptors (Lipinski definition) is 5. The van der Waals surface area contributed by atoms with Gasteiger partial charge in [0.05, 0.1) is 12.2 Å². The van der Waals surface area contributed by atoms with Gasteiger partial charge in [-0.1, -0.05) is 32.9 Å². The van der Waals surface area contributed by atoms with Crippen molar-refractivity contribution in [3.8, 4) is 6.07 Å². The molecule has 3 rings (SSSR count). The predicted octanol–water partition coefficient (Wildman–Crippen LogP) is 2.22. The van der Waals surface area contributed by atoms with Crippen LogP contribution in [0.2, 0.25) is 0 Å². The van der Waals surface area contributed by atoms with E-state index in [4.69, 9.17) is 5.26 Å². The Bertz CT molecular complexity index is 1010. The highest BCUT2D eigenvalue weighted by Crippen LogP contribution is 2.26. The molecule has 2 amide bonds. The number of amides is 2. The first kappa shape index (κ1) is 22.7. The molecular weight excluding hydrogens is 401 g/mol. The van der Waals surface area contributed by atoms with Crippen molar-refractivity contribution in [3.05, 3.63) is 29.7 Å². The maximum absolute atomic E-state index is 14.5. The third kappa shape index (κ3) is 4.85. The van der Waals surface area contributed by atoms with Crippen LogP contribution < -0.4 is 5.32 Å². The number of nitrogens with zero attached hydrogens (tertiary/aromatic N) is 4. The van der Waals surface area contributed by atoms with Gasteiger partial charge in [0.25, 0.3) is 5.91 Å². The number of aryl methyl sites for hydroxylation is 1. The zero-order chi connectivity index (χ0) is 22.8. The van der Waals surface area contributed by atoms with Crippen LogP contribution in [0.25, 0.3) is 10.9 Å². The first-order valence-electron chi connectivity index (χ1n) is 10.4. The first-order valence-corrected chi connectivity index (χ1v) is 10.4. The number of fused-ring (bicyclic) bond motifs is 1. The van der Waals surface area contributed by atoms with Gasteiger partial charge in [-0.3, -0.25) is 14.3 Å². The number of hydrogen-bond donors (Lipinski definition) is 2. The monoisotopic (exact) mass is 429 g/mol.